The molecular formula is C26H30FN5O3S. The lowest BCUT2D eigenvalue weighted by Crippen LogP contribution is -2.35. The molecule has 0 fully saturated rings. The molecule has 3 unspecified atom stereocenters. The number of nitrogens with one attached hydrogen (secondary N) is 3. The topological polar surface area (TPSA) is 122 Å². The first-order valence-corrected chi connectivity index (χ1v) is 12.5. The highest BCUT2D eigenvalue weighted by Crippen LogP contribution is 2.37. The summed E-state index contributed by atoms with van der Waals surface area (Å²) in [5.41, 5.74) is 4.50. The Morgan fingerprint density at radius 2 is 2.00 bits per heavy atom. The molecule has 10 heteroatoms. The van der Waals surface area contributed by atoms with Gasteiger partial charge in [-0.1, -0.05) is 25.1 Å². The summed E-state index contributed by atoms with van der Waals surface area (Å²) < 4.78 is 17.1. The summed E-state index contributed by atoms with van der Waals surface area (Å²) in [5, 5.41) is 34.0. The van der Waals surface area contributed by atoms with E-state index in [4.69, 9.17) is 5.41 Å². The lowest BCUT2D eigenvalue weighted by molar-refractivity contribution is 0.0705. The van der Waals surface area contributed by atoms with Crippen LogP contribution in [0.15, 0.2) is 42.5 Å². The van der Waals surface area contributed by atoms with Crippen LogP contribution in [0.4, 0.5) is 15.1 Å². The summed E-state index contributed by atoms with van der Waals surface area (Å²) >= 11 is 1.01. The van der Waals surface area contributed by atoms with E-state index < -0.39 is 6.67 Å². The zero-order chi connectivity index (χ0) is 26.0. The van der Waals surface area contributed by atoms with Crippen LogP contribution in [0.2, 0.25) is 0 Å². The van der Waals surface area contributed by atoms with Crippen molar-refractivity contribution in [2.24, 2.45) is 0 Å². The Balaban J connectivity index is 1.47. The standard InChI is InChI=1S/C26H30FN5O3S/c1-14(11-27)18-4-5-19-12-32(16(3)21(19)10-18)26(35)17-6-8-20(9-7-17)30-25-22(24(34)31-36-25)23(28)29-15(2)13-33/h4-10,14-16,30,33H,11-13H2,1-3H3,(H2,28,29)(H,31,34). The van der Waals surface area contributed by atoms with Crippen LogP contribution in [0.5, 0.6) is 5.88 Å². The van der Waals surface area contributed by atoms with E-state index in [2.05, 4.69) is 15.0 Å². The summed E-state index contributed by atoms with van der Waals surface area (Å²) in [6, 6.07) is 12.5. The van der Waals surface area contributed by atoms with Gasteiger partial charge in [-0.3, -0.25) is 14.6 Å². The molecule has 0 saturated carbocycles. The Hall–Kier alpha value is -3.50. The fourth-order valence-corrected chi connectivity index (χ4v) is 4.94. The van der Waals surface area contributed by atoms with E-state index in [0.717, 1.165) is 28.2 Å². The molecular weight excluding hydrogens is 481 g/mol. The minimum Gasteiger partial charge on any atom is -0.492 e. The number of carbonyl (C=O) groups excluding carboxylic acids is 1. The molecule has 0 bridgehead atoms. The summed E-state index contributed by atoms with van der Waals surface area (Å²) in [6.45, 7) is 5.49. The number of hydrogen-bond acceptors (Lipinski definition) is 7. The number of hydrogen-bond donors (Lipinski definition) is 5. The summed E-state index contributed by atoms with van der Waals surface area (Å²) in [7, 11) is 0. The maximum absolute atomic E-state index is 13.3. The molecule has 0 aliphatic carbocycles. The van der Waals surface area contributed by atoms with Crippen LogP contribution < -0.4 is 10.6 Å². The van der Waals surface area contributed by atoms with Crippen LogP contribution in [0.3, 0.4) is 0 Å². The second-order valence-electron chi connectivity index (χ2n) is 9.14. The lowest BCUT2D eigenvalue weighted by atomic mass is 9.96. The Bertz CT molecular complexity index is 1260. The Morgan fingerprint density at radius 1 is 1.28 bits per heavy atom. The first kappa shape index (κ1) is 25.6. The van der Waals surface area contributed by atoms with Gasteiger partial charge in [-0.2, -0.15) is 4.37 Å². The van der Waals surface area contributed by atoms with E-state index in [1.54, 1.807) is 31.2 Å². The zero-order valence-electron chi connectivity index (χ0n) is 20.4. The number of halogens is 1. The summed E-state index contributed by atoms with van der Waals surface area (Å²) in [4.78, 5) is 15.1. The lowest BCUT2D eigenvalue weighted by Gasteiger charge is -2.22. The van der Waals surface area contributed by atoms with Gasteiger partial charge < -0.3 is 25.7 Å². The average Bonchev–Trinajstić information content (AvgIpc) is 3.42. The van der Waals surface area contributed by atoms with Crippen molar-refractivity contribution in [3.8, 4) is 5.88 Å². The number of aromatic nitrogens is 1. The first-order valence-electron chi connectivity index (χ1n) is 11.7. The van der Waals surface area contributed by atoms with Crippen molar-refractivity contribution >= 4 is 34.0 Å². The highest BCUT2D eigenvalue weighted by molar-refractivity contribution is 7.11. The highest BCUT2D eigenvalue weighted by atomic mass is 32.1. The Kier molecular flexibility index (Phi) is 7.56. The van der Waals surface area contributed by atoms with Gasteiger partial charge in [-0.05, 0) is 66.3 Å². The maximum Gasteiger partial charge on any atom is 0.254 e. The van der Waals surface area contributed by atoms with Crippen LogP contribution >= 0.6 is 11.5 Å². The second kappa shape index (κ2) is 10.6. The molecule has 8 nitrogen and oxygen atoms in total. The number of aliphatic hydroxyl groups excluding tert-OH is 1. The van der Waals surface area contributed by atoms with Crippen molar-refractivity contribution in [1.29, 1.82) is 5.41 Å². The third kappa shape index (κ3) is 5.05. The summed E-state index contributed by atoms with van der Waals surface area (Å²) in [5.74, 6) is -0.594. The third-order valence-electron chi connectivity index (χ3n) is 6.47. The van der Waals surface area contributed by atoms with Gasteiger partial charge in [0.2, 0.25) is 5.88 Å². The molecule has 0 saturated heterocycles. The predicted octanol–water partition coefficient (Wildman–Crippen LogP) is 4.68. The monoisotopic (exact) mass is 511 g/mol. The van der Waals surface area contributed by atoms with Crippen molar-refractivity contribution in [1.82, 2.24) is 14.6 Å². The van der Waals surface area contributed by atoms with Crippen molar-refractivity contribution in [3.05, 3.63) is 70.3 Å². The molecule has 5 N–H and O–H groups in total. The van der Waals surface area contributed by atoms with Crippen molar-refractivity contribution < 1.29 is 19.4 Å². The number of amidine groups is 1. The van der Waals surface area contributed by atoms with Crippen LogP contribution in [0.1, 0.15) is 65.3 Å². The number of rotatable bonds is 8. The minimum atomic E-state index is -0.418. The average molecular weight is 512 g/mol. The van der Waals surface area contributed by atoms with Crippen LogP contribution in [0.25, 0.3) is 0 Å². The number of carbonyl (C=O) groups is 1. The molecule has 1 amide bonds. The number of alkyl halides is 1. The number of anilines is 2. The highest BCUT2D eigenvalue weighted by Gasteiger charge is 2.31. The van der Waals surface area contributed by atoms with E-state index in [-0.39, 0.29) is 47.8 Å². The number of aliphatic hydroxyl groups is 1. The number of benzene rings is 2. The van der Waals surface area contributed by atoms with Gasteiger partial charge in [0, 0.05) is 29.8 Å². The van der Waals surface area contributed by atoms with Gasteiger partial charge in [0.15, 0.2) is 0 Å². The van der Waals surface area contributed by atoms with Gasteiger partial charge >= 0.3 is 0 Å². The third-order valence-corrected chi connectivity index (χ3v) is 7.22. The molecule has 2 aromatic carbocycles. The fraction of sp³-hybridized carbons (Fsp3) is 0.346. The van der Waals surface area contributed by atoms with E-state index >= 15 is 0 Å². The zero-order valence-corrected chi connectivity index (χ0v) is 21.2. The van der Waals surface area contributed by atoms with Gasteiger partial charge in [0.1, 0.15) is 16.4 Å². The largest absolute Gasteiger partial charge is 0.492 e. The van der Waals surface area contributed by atoms with E-state index in [1.807, 2.05) is 36.9 Å². The van der Waals surface area contributed by atoms with Crippen molar-refractivity contribution in [3.63, 3.8) is 0 Å². The molecule has 1 aliphatic heterocycles. The number of aromatic hydroxyl groups is 1. The van der Waals surface area contributed by atoms with Crippen LogP contribution in [0, 0.1) is 5.41 Å². The van der Waals surface area contributed by atoms with Crippen molar-refractivity contribution in [2.45, 2.75) is 45.3 Å². The molecule has 3 aromatic rings. The number of amides is 1. The van der Waals surface area contributed by atoms with Crippen LogP contribution in [-0.2, 0) is 6.54 Å². The van der Waals surface area contributed by atoms with Gasteiger partial charge in [0.05, 0.1) is 19.3 Å². The maximum atomic E-state index is 13.3. The molecule has 1 aromatic heterocycles. The quantitative estimate of drug-likeness (QED) is 0.221. The molecule has 1 aliphatic rings. The first-order chi connectivity index (χ1) is 17.2. The second-order valence-corrected chi connectivity index (χ2v) is 9.91. The van der Waals surface area contributed by atoms with Crippen molar-refractivity contribution in [2.75, 3.05) is 18.6 Å². The molecule has 4 rings (SSSR count). The minimum absolute atomic E-state index is 0.0521. The van der Waals surface area contributed by atoms with Gasteiger partial charge in [0.25, 0.3) is 5.91 Å². The Labute approximate surface area is 213 Å². The number of nitrogens with zero attached hydrogens (tertiary/aromatic N) is 2. The normalized spacial score (nSPS) is 16.4. The van der Waals surface area contributed by atoms with Gasteiger partial charge in [-0.25, -0.2) is 0 Å². The molecule has 3 atom stereocenters. The van der Waals surface area contributed by atoms with Gasteiger partial charge in [-0.15, -0.1) is 0 Å². The SMILES string of the molecule is CC(CO)NC(=N)c1c(O)nsc1Nc1ccc(C(=O)N2Cc3ccc(C(C)CF)cc3C2C)cc1. The number of fused-ring (bicyclic) bond motifs is 1. The molecule has 0 spiro atoms. The summed E-state index contributed by atoms with van der Waals surface area (Å²) in [6.07, 6.45) is 0. The van der Waals surface area contributed by atoms with E-state index in [0.29, 0.717) is 22.8 Å². The Morgan fingerprint density at radius 3 is 2.67 bits per heavy atom. The predicted molar refractivity (Wildman–Crippen MR) is 139 cm³/mol. The molecule has 2 heterocycles. The van der Waals surface area contributed by atoms with E-state index in [1.165, 1.54) is 0 Å². The molecule has 0 radical (unpaired) electrons. The molecule has 36 heavy (non-hydrogen) atoms. The smallest absolute Gasteiger partial charge is 0.254 e. The van der Waals surface area contributed by atoms with Crippen LogP contribution in [-0.4, -0.2) is 50.6 Å². The fourth-order valence-electron chi connectivity index (χ4n) is 4.23. The van der Waals surface area contributed by atoms with E-state index in [9.17, 15) is 19.4 Å². The molecule has 190 valence electrons.